The lowest BCUT2D eigenvalue weighted by Gasteiger charge is -2.41. The van der Waals surface area contributed by atoms with Crippen LogP contribution in [0, 0.1) is 11.8 Å². The molecule has 1 aliphatic heterocycles. The lowest BCUT2D eigenvalue weighted by Crippen LogP contribution is -2.52. The highest BCUT2D eigenvalue weighted by Crippen LogP contribution is 2.46. The molecule has 3 atom stereocenters. The van der Waals surface area contributed by atoms with E-state index in [1.54, 1.807) is 0 Å². The third-order valence-corrected chi connectivity index (χ3v) is 7.38. The van der Waals surface area contributed by atoms with Crippen LogP contribution in [0.2, 0.25) is 0 Å². The summed E-state index contributed by atoms with van der Waals surface area (Å²) in [5.74, 6) is 2.79. The van der Waals surface area contributed by atoms with Gasteiger partial charge in [-0.15, -0.1) is 10.2 Å². The third-order valence-electron chi connectivity index (χ3n) is 7.38. The van der Waals surface area contributed by atoms with Crippen LogP contribution in [0.1, 0.15) is 61.9 Å². The Morgan fingerprint density at radius 3 is 2.41 bits per heavy atom. The van der Waals surface area contributed by atoms with E-state index in [0.717, 1.165) is 62.7 Å². The van der Waals surface area contributed by atoms with Gasteiger partial charge in [-0.25, -0.2) is 0 Å². The summed E-state index contributed by atoms with van der Waals surface area (Å²) in [5, 5.41) is 11.6. The second kappa shape index (κ2) is 7.38. The van der Waals surface area contributed by atoms with E-state index in [-0.39, 0.29) is 5.91 Å². The number of amides is 1. The van der Waals surface area contributed by atoms with Crippen LogP contribution < -0.4 is 10.2 Å². The molecular formula is C21H31N5O. The molecule has 0 radical (unpaired) electrons. The average Bonchev–Trinajstić information content (AvgIpc) is 3.47. The van der Waals surface area contributed by atoms with Gasteiger partial charge in [-0.2, -0.15) is 0 Å². The number of aromatic nitrogens is 2. The molecule has 6 heteroatoms. The van der Waals surface area contributed by atoms with Gasteiger partial charge in [0, 0.05) is 38.3 Å². The Bertz CT molecular complexity index is 664. The molecule has 27 heavy (non-hydrogen) atoms. The molecule has 1 aromatic rings. The number of carbonyl (C=O) groups is 1. The zero-order chi connectivity index (χ0) is 18.2. The molecule has 3 unspecified atom stereocenters. The zero-order valence-electron chi connectivity index (χ0n) is 16.1. The van der Waals surface area contributed by atoms with E-state index in [2.05, 4.69) is 25.3 Å². The number of carbonyl (C=O) groups excluding carboxylic acids is 1. The van der Waals surface area contributed by atoms with Crippen molar-refractivity contribution in [2.45, 2.75) is 63.5 Å². The molecule has 0 aromatic carbocycles. The fraction of sp³-hybridized carbons (Fsp3) is 0.762. The minimum Gasteiger partial charge on any atom is -0.353 e. The first-order chi connectivity index (χ1) is 13.3. The monoisotopic (exact) mass is 369 g/mol. The van der Waals surface area contributed by atoms with Crippen molar-refractivity contribution in [1.29, 1.82) is 0 Å². The smallest absolute Gasteiger partial charge is 0.272 e. The van der Waals surface area contributed by atoms with E-state index in [1.165, 1.54) is 38.5 Å². The van der Waals surface area contributed by atoms with E-state index >= 15 is 0 Å². The van der Waals surface area contributed by atoms with Gasteiger partial charge in [-0.05, 0) is 56.1 Å². The van der Waals surface area contributed by atoms with Crippen LogP contribution in [0.25, 0.3) is 0 Å². The molecule has 3 saturated carbocycles. The zero-order valence-corrected chi connectivity index (χ0v) is 16.1. The molecule has 5 rings (SSSR count). The van der Waals surface area contributed by atoms with Gasteiger partial charge in [0.2, 0.25) is 0 Å². The Kier molecular flexibility index (Phi) is 4.76. The maximum atomic E-state index is 12.3. The van der Waals surface area contributed by atoms with Gasteiger partial charge in [-0.3, -0.25) is 9.69 Å². The number of nitrogens with zero attached hydrogens (tertiary/aromatic N) is 4. The average molecular weight is 370 g/mol. The minimum atomic E-state index is -0.0814. The van der Waals surface area contributed by atoms with E-state index in [1.807, 2.05) is 12.1 Å². The fourth-order valence-electron chi connectivity index (χ4n) is 5.89. The predicted octanol–water partition coefficient (Wildman–Crippen LogP) is 2.46. The van der Waals surface area contributed by atoms with Crippen molar-refractivity contribution in [2.75, 3.05) is 31.1 Å². The number of nitrogens with one attached hydrogen (secondary N) is 1. The van der Waals surface area contributed by atoms with Gasteiger partial charge in [0.05, 0.1) is 0 Å². The highest BCUT2D eigenvalue weighted by Gasteiger charge is 2.42. The highest BCUT2D eigenvalue weighted by atomic mass is 16.2. The largest absolute Gasteiger partial charge is 0.353 e. The lowest BCUT2D eigenvalue weighted by atomic mass is 9.93. The van der Waals surface area contributed by atoms with Gasteiger partial charge in [0.15, 0.2) is 11.5 Å². The summed E-state index contributed by atoms with van der Waals surface area (Å²) in [4.78, 5) is 17.3. The van der Waals surface area contributed by atoms with E-state index in [0.29, 0.717) is 11.7 Å². The fourth-order valence-corrected chi connectivity index (χ4v) is 5.89. The van der Waals surface area contributed by atoms with Crippen LogP contribution in [-0.4, -0.2) is 59.3 Å². The summed E-state index contributed by atoms with van der Waals surface area (Å²) in [6, 6.07) is 4.94. The van der Waals surface area contributed by atoms with Gasteiger partial charge in [0.25, 0.3) is 5.91 Å². The first-order valence-corrected chi connectivity index (χ1v) is 10.9. The molecule has 0 spiro atoms. The highest BCUT2D eigenvalue weighted by molar-refractivity contribution is 5.92. The molecule has 1 saturated heterocycles. The Balaban J connectivity index is 1.15. The summed E-state index contributed by atoms with van der Waals surface area (Å²) >= 11 is 0. The van der Waals surface area contributed by atoms with Crippen molar-refractivity contribution >= 4 is 11.7 Å². The molecule has 2 heterocycles. The van der Waals surface area contributed by atoms with Crippen molar-refractivity contribution < 1.29 is 4.79 Å². The Morgan fingerprint density at radius 1 is 0.963 bits per heavy atom. The summed E-state index contributed by atoms with van der Waals surface area (Å²) in [6.07, 6.45) is 10.4. The molecule has 146 valence electrons. The topological polar surface area (TPSA) is 61.4 Å². The summed E-state index contributed by atoms with van der Waals surface area (Å²) < 4.78 is 0. The number of fused-ring (bicyclic) bond motifs is 2. The number of rotatable bonds is 4. The van der Waals surface area contributed by atoms with Crippen LogP contribution in [0.4, 0.5) is 5.82 Å². The maximum Gasteiger partial charge on any atom is 0.272 e. The Hall–Kier alpha value is -1.69. The molecule has 1 aromatic heterocycles. The van der Waals surface area contributed by atoms with Crippen molar-refractivity contribution in [1.82, 2.24) is 20.4 Å². The SMILES string of the molecule is O=C(NC1CCCC1)c1ccc(N2CCN(C3CC4CCC3C4)CC2)nn1. The van der Waals surface area contributed by atoms with Crippen molar-refractivity contribution in [3.05, 3.63) is 17.8 Å². The van der Waals surface area contributed by atoms with Crippen LogP contribution in [0.15, 0.2) is 12.1 Å². The van der Waals surface area contributed by atoms with Gasteiger partial charge in [0.1, 0.15) is 0 Å². The molecular weight excluding hydrogens is 338 g/mol. The van der Waals surface area contributed by atoms with Crippen LogP contribution in [0.3, 0.4) is 0 Å². The molecule has 1 amide bonds. The van der Waals surface area contributed by atoms with E-state index < -0.39 is 0 Å². The number of hydrogen-bond acceptors (Lipinski definition) is 5. The van der Waals surface area contributed by atoms with Crippen molar-refractivity contribution in [3.63, 3.8) is 0 Å². The standard InChI is InChI=1S/C21H31N5O/c27-21(22-17-3-1-2-4-17)18-7-8-20(24-23-18)26-11-9-25(10-12-26)19-14-15-5-6-16(19)13-15/h7-8,15-17,19H,1-6,9-14H2,(H,22,27). The van der Waals surface area contributed by atoms with Crippen molar-refractivity contribution in [2.24, 2.45) is 11.8 Å². The van der Waals surface area contributed by atoms with Gasteiger partial charge in [-0.1, -0.05) is 19.3 Å². The quantitative estimate of drug-likeness (QED) is 0.883. The molecule has 1 N–H and O–H groups in total. The first-order valence-electron chi connectivity index (χ1n) is 10.9. The van der Waals surface area contributed by atoms with Crippen molar-refractivity contribution in [3.8, 4) is 0 Å². The van der Waals surface area contributed by atoms with Crippen LogP contribution >= 0.6 is 0 Å². The van der Waals surface area contributed by atoms with Gasteiger partial charge >= 0.3 is 0 Å². The summed E-state index contributed by atoms with van der Waals surface area (Å²) in [7, 11) is 0. The second-order valence-electron chi connectivity index (χ2n) is 9.00. The number of hydrogen-bond donors (Lipinski definition) is 1. The van der Waals surface area contributed by atoms with E-state index in [9.17, 15) is 4.79 Å². The van der Waals surface area contributed by atoms with E-state index in [4.69, 9.17) is 0 Å². The first kappa shape index (κ1) is 17.4. The Morgan fingerprint density at radius 2 is 1.78 bits per heavy atom. The third kappa shape index (κ3) is 3.56. The van der Waals surface area contributed by atoms with Crippen LogP contribution in [-0.2, 0) is 0 Å². The molecule has 3 aliphatic carbocycles. The number of piperazine rings is 1. The minimum absolute atomic E-state index is 0.0814. The maximum absolute atomic E-state index is 12.3. The molecule has 4 aliphatic rings. The predicted molar refractivity (Wildman–Crippen MR) is 105 cm³/mol. The Labute approximate surface area is 161 Å². The van der Waals surface area contributed by atoms with Crippen LogP contribution in [0.5, 0.6) is 0 Å². The molecule has 6 nitrogen and oxygen atoms in total. The second-order valence-corrected chi connectivity index (χ2v) is 9.00. The number of anilines is 1. The lowest BCUT2D eigenvalue weighted by molar-refractivity contribution is 0.0931. The summed E-state index contributed by atoms with van der Waals surface area (Å²) in [6.45, 7) is 4.27. The molecule has 4 fully saturated rings. The normalized spacial score (nSPS) is 31.6. The van der Waals surface area contributed by atoms with Gasteiger partial charge < -0.3 is 10.2 Å². The molecule has 2 bridgehead atoms. The summed E-state index contributed by atoms with van der Waals surface area (Å²) in [5.41, 5.74) is 0.436.